The Labute approximate surface area is 129 Å². The zero-order valence-corrected chi connectivity index (χ0v) is 12.9. The van der Waals surface area contributed by atoms with Crippen LogP contribution in [-0.4, -0.2) is 13.4 Å². The normalized spacial score (nSPS) is 13.1. The third-order valence-electron chi connectivity index (χ3n) is 3.57. The third-order valence-corrected chi connectivity index (χ3v) is 5.11. The number of pyridine rings is 1. The van der Waals surface area contributed by atoms with E-state index in [4.69, 9.17) is 0 Å². The van der Waals surface area contributed by atoms with Gasteiger partial charge in [0.15, 0.2) is 0 Å². The summed E-state index contributed by atoms with van der Waals surface area (Å²) < 4.78 is 27.8. The Morgan fingerprint density at radius 2 is 1.64 bits per heavy atom. The molecule has 0 bridgehead atoms. The van der Waals surface area contributed by atoms with Gasteiger partial charge >= 0.3 is 0 Å². The van der Waals surface area contributed by atoms with Gasteiger partial charge in [-0.15, -0.1) is 0 Å². The van der Waals surface area contributed by atoms with Gasteiger partial charge < -0.3 is 0 Å². The van der Waals surface area contributed by atoms with Gasteiger partial charge in [-0.05, 0) is 47.5 Å². The van der Waals surface area contributed by atoms with Gasteiger partial charge in [-0.3, -0.25) is 4.98 Å². The molecule has 0 saturated heterocycles. The minimum atomic E-state index is -3.57. The van der Waals surface area contributed by atoms with Crippen LogP contribution in [0.3, 0.4) is 0 Å². The predicted molar refractivity (Wildman–Crippen MR) is 86.9 cm³/mol. The molecule has 0 aliphatic carbocycles. The Balaban J connectivity index is 1.91. The van der Waals surface area contributed by atoms with Gasteiger partial charge in [0.25, 0.3) is 0 Å². The minimum absolute atomic E-state index is 0.270. The van der Waals surface area contributed by atoms with Crippen molar-refractivity contribution in [3.63, 3.8) is 0 Å². The number of hydrogen-bond acceptors (Lipinski definition) is 3. The van der Waals surface area contributed by atoms with Gasteiger partial charge in [0, 0.05) is 18.4 Å². The van der Waals surface area contributed by atoms with Crippen LogP contribution in [-0.2, 0) is 10.0 Å². The Bertz CT molecular complexity index is 893. The van der Waals surface area contributed by atoms with E-state index in [1.807, 2.05) is 37.3 Å². The van der Waals surface area contributed by atoms with Crippen LogP contribution in [0.4, 0.5) is 0 Å². The number of rotatable bonds is 4. The van der Waals surface area contributed by atoms with E-state index in [9.17, 15) is 8.42 Å². The highest BCUT2D eigenvalue weighted by atomic mass is 32.2. The van der Waals surface area contributed by atoms with Gasteiger partial charge in [0.1, 0.15) is 0 Å². The lowest BCUT2D eigenvalue weighted by Gasteiger charge is -2.14. The molecule has 0 spiro atoms. The van der Waals surface area contributed by atoms with Crippen molar-refractivity contribution in [1.29, 1.82) is 0 Å². The topological polar surface area (TPSA) is 59.1 Å². The molecule has 22 heavy (non-hydrogen) atoms. The molecule has 0 amide bonds. The summed E-state index contributed by atoms with van der Waals surface area (Å²) in [5, 5.41) is 1.92. The first-order chi connectivity index (χ1) is 10.6. The Morgan fingerprint density at radius 3 is 2.36 bits per heavy atom. The molecular weight excluding hydrogens is 296 g/mol. The molecule has 0 saturated carbocycles. The number of sulfonamides is 1. The van der Waals surface area contributed by atoms with E-state index < -0.39 is 10.0 Å². The summed E-state index contributed by atoms with van der Waals surface area (Å²) in [5.41, 5.74) is 0.874. The van der Waals surface area contributed by atoms with E-state index in [2.05, 4.69) is 9.71 Å². The van der Waals surface area contributed by atoms with Crippen molar-refractivity contribution in [2.24, 2.45) is 0 Å². The Kier molecular flexibility index (Phi) is 3.92. The highest BCUT2D eigenvalue weighted by molar-refractivity contribution is 7.89. The highest BCUT2D eigenvalue weighted by Gasteiger charge is 2.18. The summed E-state index contributed by atoms with van der Waals surface area (Å²) in [4.78, 5) is 4.21. The molecule has 5 heteroatoms. The summed E-state index contributed by atoms with van der Waals surface area (Å²) in [6.07, 6.45) is 3.30. The van der Waals surface area contributed by atoms with Crippen molar-refractivity contribution in [2.75, 3.05) is 0 Å². The molecule has 3 aromatic rings. The molecule has 2 aromatic carbocycles. The van der Waals surface area contributed by atoms with Crippen LogP contribution in [0.2, 0.25) is 0 Å². The average Bonchev–Trinajstić information content (AvgIpc) is 2.55. The molecule has 0 fully saturated rings. The van der Waals surface area contributed by atoms with Crippen LogP contribution in [0, 0.1) is 0 Å². The van der Waals surface area contributed by atoms with E-state index >= 15 is 0 Å². The standard InChI is InChI=1S/C17H16N2O2S/c1-13(14-8-10-18-11-9-14)19-22(20,21)17-7-6-15-4-2-3-5-16(15)12-17/h2-13,19H,1H3/t13-/m1/s1. The summed E-state index contributed by atoms with van der Waals surface area (Å²) in [7, 11) is -3.57. The lowest BCUT2D eigenvalue weighted by Crippen LogP contribution is -2.26. The number of aromatic nitrogens is 1. The lowest BCUT2D eigenvalue weighted by molar-refractivity contribution is 0.567. The van der Waals surface area contributed by atoms with E-state index in [-0.39, 0.29) is 10.9 Å². The second-order valence-corrected chi connectivity index (χ2v) is 6.85. The van der Waals surface area contributed by atoms with E-state index in [1.165, 1.54) is 0 Å². The first-order valence-electron chi connectivity index (χ1n) is 6.97. The summed E-state index contributed by atoms with van der Waals surface area (Å²) >= 11 is 0. The Morgan fingerprint density at radius 1 is 0.955 bits per heavy atom. The fourth-order valence-corrected chi connectivity index (χ4v) is 3.62. The van der Waals surface area contributed by atoms with E-state index in [1.54, 1.807) is 36.7 Å². The number of fused-ring (bicyclic) bond motifs is 1. The second kappa shape index (κ2) is 5.87. The molecule has 3 rings (SSSR count). The number of nitrogens with one attached hydrogen (secondary N) is 1. The van der Waals surface area contributed by atoms with Crippen LogP contribution < -0.4 is 4.72 Å². The molecule has 0 aliphatic heterocycles. The first kappa shape index (κ1) is 14.7. The second-order valence-electron chi connectivity index (χ2n) is 5.13. The first-order valence-corrected chi connectivity index (χ1v) is 8.46. The summed E-state index contributed by atoms with van der Waals surface area (Å²) in [6, 6.07) is 16.1. The molecule has 1 aromatic heterocycles. The van der Waals surface area contributed by atoms with Crippen molar-refractivity contribution in [1.82, 2.24) is 9.71 Å². The smallest absolute Gasteiger partial charge is 0.241 e. The maximum atomic E-state index is 12.5. The van der Waals surface area contributed by atoms with Gasteiger partial charge in [0.05, 0.1) is 4.90 Å². The monoisotopic (exact) mass is 312 g/mol. The van der Waals surface area contributed by atoms with Crippen molar-refractivity contribution >= 4 is 20.8 Å². The lowest BCUT2D eigenvalue weighted by atomic mass is 10.1. The van der Waals surface area contributed by atoms with Crippen molar-refractivity contribution < 1.29 is 8.42 Å². The van der Waals surface area contributed by atoms with Gasteiger partial charge in [-0.1, -0.05) is 30.3 Å². The molecule has 0 radical (unpaired) electrons. The average molecular weight is 312 g/mol. The van der Waals surface area contributed by atoms with E-state index in [0.29, 0.717) is 0 Å². The van der Waals surface area contributed by atoms with Crippen molar-refractivity contribution in [3.8, 4) is 0 Å². The summed E-state index contributed by atoms with van der Waals surface area (Å²) in [6.45, 7) is 1.81. The molecule has 1 N–H and O–H groups in total. The predicted octanol–water partition coefficient (Wildman–Crippen LogP) is 3.27. The van der Waals surface area contributed by atoms with Crippen LogP contribution in [0.1, 0.15) is 18.5 Å². The molecule has 112 valence electrons. The fourth-order valence-electron chi connectivity index (χ4n) is 2.36. The third kappa shape index (κ3) is 3.00. The number of benzene rings is 2. The maximum absolute atomic E-state index is 12.5. The van der Waals surface area contributed by atoms with Crippen LogP contribution in [0.5, 0.6) is 0 Å². The van der Waals surface area contributed by atoms with Gasteiger partial charge in [0.2, 0.25) is 10.0 Å². The number of hydrogen-bond donors (Lipinski definition) is 1. The Hall–Kier alpha value is -2.24. The fraction of sp³-hybridized carbons (Fsp3) is 0.118. The SMILES string of the molecule is C[C@@H](NS(=O)(=O)c1ccc2ccccc2c1)c1ccncc1. The summed E-state index contributed by atoms with van der Waals surface area (Å²) in [5.74, 6) is 0. The maximum Gasteiger partial charge on any atom is 0.241 e. The van der Waals surface area contributed by atoms with Crippen LogP contribution in [0.25, 0.3) is 10.8 Å². The molecule has 0 aliphatic rings. The highest BCUT2D eigenvalue weighted by Crippen LogP contribution is 2.21. The minimum Gasteiger partial charge on any atom is -0.265 e. The van der Waals surface area contributed by atoms with Gasteiger partial charge in [-0.25, -0.2) is 13.1 Å². The number of nitrogens with zero attached hydrogens (tertiary/aromatic N) is 1. The molecule has 4 nitrogen and oxygen atoms in total. The van der Waals surface area contributed by atoms with Crippen molar-refractivity contribution in [3.05, 3.63) is 72.6 Å². The van der Waals surface area contributed by atoms with Gasteiger partial charge in [-0.2, -0.15) is 0 Å². The molecule has 1 heterocycles. The molecule has 0 unspecified atom stereocenters. The molecule has 1 atom stereocenters. The largest absolute Gasteiger partial charge is 0.265 e. The zero-order valence-electron chi connectivity index (χ0n) is 12.1. The van der Waals surface area contributed by atoms with Crippen LogP contribution >= 0.6 is 0 Å². The van der Waals surface area contributed by atoms with Crippen LogP contribution in [0.15, 0.2) is 71.9 Å². The molecular formula is C17H16N2O2S. The van der Waals surface area contributed by atoms with Crippen molar-refractivity contribution in [2.45, 2.75) is 17.9 Å². The van der Waals surface area contributed by atoms with E-state index in [0.717, 1.165) is 16.3 Å². The zero-order chi connectivity index (χ0) is 15.6. The quantitative estimate of drug-likeness (QED) is 0.804.